The summed E-state index contributed by atoms with van der Waals surface area (Å²) in [6, 6.07) is 16.7. The highest BCUT2D eigenvalue weighted by molar-refractivity contribution is 7.29. The van der Waals surface area contributed by atoms with E-state index in [9.17, 15) is 9.59 Å². The number of esters is 2. The number of carbonyl (C=O) groups is 2. The Labute approximate surface area is 384 Å². The van der Waals surface area contributed by atoms with Crippen LogP contribution in [0.1, 0.15) is 162 Å². The number of carbonyl (C=O) groups excluding carboxylic acids is 2. The molecule has 6 rings (SSSR count). The topological polar surface area (TPSA) is 78.4 Å². The molecule has 6 nitrogen and oxygen atoms in total. The van der Waals surface area contributed by atoms with Gasteiger partial charge in [0.15, 0.2) is 0 Å². The number of benzene rings is 1. The number of unbranched alkanes of at least 4 members (excludes halogenated alkanes) is 8. The van der Waals surface area contributed by atoms with Crippen LogP contribution in [-0.4, -0.2) is 33.9 Å². The van der Waals surface area contributed by atoms with E-state index in [1.807, 2.05) is 12.1 Å². The van der Waals surface area contributed by atoms with Crippen LogP contribution in [0.25, 0.3) is 50.7 Å². The second-order valence-corrected chi connectivity index (χ2v) is 21.6. The Morgan fingerprint density at radius 2 is 1.02 bits per heavy atom. The first-order valence-corrected chi connectivity index (χ1v) is 26.8. The number of rotatable bonds is 26. The molecule has 0 aliphatic rings. The molecular weight excluding hydrogens is 853 g/mol. The van der Waals surface area contributed by atoms with Crippen LogP contribution in [0.2, 0.25) is 0 Å². The molecule has 5 aromatic heterocycles. The maximum atomic E-state index is 14.3. The van der Waals surface area contributed by atoms with Gasteiger partial charge in [-0.3, -0.25) is 0 Å². The van der Waals surface area contributed by atoms with E-state index in [1.54, 1.807) is 45.3 Å². The molecule has 0 saturated heterocycles. The maximum absolute atomic E-state index is 14.3. The molecule has 1 aromatic carbocycles. The molecule has 11 heteroatoms. The minimum absolute atomic E-state index is 0.268. The van der Waals surface area contributed by atoms with Crippen molar-refractivity contribution in [3.05, 3.63) is 70.1 Å². The van der Waals surface area contributed by atoms with Crippen molar-refractivity contribution in [1.82, 2.24) is 8.75 Å². The summed E-state index contributed by atoms with van der Waals surface area (Å²) >= 11 is 7.79. The van der Waals surface area contributed by atoms with Crippen LogP contribution in [0.5, 0.6) is 0 Å². The second kappa shape index (κ2) is 24.0. The zero-order chi connectivity index (χ0) is 43.1. The molecule has 5 heterocycles. The van der Waals surface area contributed by atoms with Gasteiger partial charge in [-0.2, -0.15) is 8.75 Å². The maximum Gasteiger partial charge on any atom is 0.339 e. The van der Waals surface area contributed by atoms with E-state index in [0.29, 0.717) is 36.2 Å². The van der Waals surface area contributed by atoms with Gasteiger partial charge in [-0.15, -0.1) is 45.3 Å². The number of aromatic nitrogens is 2. The van der Waals surface area contributed by atoms with Crippen LogP contribution in [0.3, 0.4) is 0 Å². The average Bonchev–Trinajstić information content (AvgIpc) is 4.12. The number of ether oxygens (including phenoxy) is 2. The highest BCUT2D eigenvalue weighted by Crippen LogP contribution is 2.48. The molecule has 2 atom stereocenters. The summed E-state index contributed by atoms with van der Waals surface area (Å²) in [5.74, 6) is 0.171. The number of hydrogen-bond donors (Lipinski definition) is 0. The third-order valence-electron chi connectivity index (χ3n) is 11.6. The van der Waals surface area contributed by atoms with Crippen molar-refractivity contribution < 1.29 is 19.1 Å². The number of nitrogens with zero attached hydrogens (tertiary/aromatic N) is 2. The lowest BCUT2D eigenvalue weighted by Crippen LogP contribution is -2.15. The molecule has 328 valence electrons. The number of fused-ring (bicyclic) bond motifs is 1. The molecule has 0 N–H and O–H groups in total. The lowest BCUT2D eigenvalue weighted by Gasteiger charge is -2.17. The van der Waals surface area contributed by atoms with Gasteiger partial charge in [0.25, 0.3) is 0 Å². The van der Waals surface area contributed by atoms with Gasteiger partial charge in [0, 0.05) is 34.8 Å². The predicted molar refractivity (Wildman–Crippen MR) is 264 cm³/mol. The van der Waals surface area contributed by atoms with Crippen LogP contribution in [0.4, 0.5) is 0 Å². The monoisotopic (exact) mass is 916 g/mol. The first-order chi connectivity index (χ1) is 29.7. The van der Waals surface area contributed by atoms with Gasteiger partial charge in [0.05, 0.1) is 45.8 Å². The van der Waals surface area contributed by atoms with Crippen LogP contribution >= 0.6 is 57.1 Å². The molecule has 0 amide bonds. The first kappa shape index (κ1) is 47.3. The van der Waals surface area contributed by atoms with Gasteiger partial charge in [0.1, 0.15) is 11.0 Å². The van der Waals surface area contributed by atoms with Crippen molar-refractivity contribution in [2.75, 3.05) is 13.2 Å². The fourth-order valence-electron chi connectivity index (χ4n) is 7.91. The Hall–Kier alpha value is -3.22. The molecule has 6 aromatic rings. The van der Waals surface area contributed by atoms with E-state index in [4.69, 9.17) is 9.47 Å². The van der Waals surface area contributed by atoms with Crippen molar-refractivity contribution >= 4 is 80.0 Å². The highest BCUT2D eigenvalue weighted by Gasteiger charge is 2.27. The Balaban J connectivity index is 1.33. The zero-order valence-corrected chi connectivity index (χ0v) is 41.2. The smallest absolute Gasteiger partial charge is 0.339 e. The van der Waals surface area contributed by atoms with Crippen LogP contribution < -0.4 is 0 Å². The lowest BCUT2D eigenvalue weighted by molar-refractivity contribution is 0.0415. The zero-order valence-electron chi connectivity index (χ0n) is 37.1. The van der Waals surface area contributed by atoms with Crippen LogP contribution in [0, 0.1) is 25.7 Å². The minimum Gasteiger partial charge on any atom is -0.462 e. The molecule has 2 unspecified atom stereocenters. The largest absolute Gasteiger partial charge is 0.462 e. The minimum atomic E-state index is -0.286. The second-order valence-electron chi connectivity index (χ2n) is 16.6. The molecule has 0 aliphatic carbocycles. The van der Waals surface area contributed by atoms with E-state index < -0.39 is 0 Å². The Morgan fingerprint density at radius 3 is 1.54 bits per heavy atom. The van der Waals surface area contributed by atoms with Crippen molar-refractivity contribution in [3.8, 4) is 39.7 Å². The fraction of sp³-hybridized carbons (Fsp3) is 0.520. The van der Waals surface area contributed by atoms with Gasteiger partial charge in [-0.05, 0) is 93.3 Å². The SMILES string of the molecule is CCCCCCC(CCCC)COC(=O)c1cc(-c2cc(C(=O)OCC(CCCC)CCCCCC)c(-c3ccc(-c4ccc(C)c5nsnc45)s3)s2)sc1-c1ccc(C)s1. The normalized spacial score (nSPS) is 12.6. The standard InChI is InChI=1S/C50H64N2O4S5/c1-7-11-15-17-21-35(19-13-9-3)31-55-49(53)38-29-43(59-47(38)41-26-24-34(6)57-41)44-30-39(50(54)56-32-36(20-14-10-4)22-18-16-12-8-2)48(60-44)42-28-27-40(58-42)37-25-23-33(5)45-46(37)52-61-51-45/h23-30,35-36H,7-22,31-32H2,1-6H3. The highest BCUT2D eigenvalue weighted by atomic mass is 32.1. The third-order valence-corrected chi connectivity index (χ3v) is 17.1. The van der Waals surface area contributed by atoms with Crippen LogP contribution in [-0.2, 0) is 9.47 Å². The van der Waals surface area contributed by atoms with E-state index in [2.05, 4.69) is 86.7 Å². The summed E-state index contributed by atoms with van der Waals surface area (Å²) in [6.07, 6.45) is 18.6. The summed E-state index contributed by atoms with van der Waals surface area (Å²) in [7, 11) is 0. The Kier molecular flexibility index (Phi) is 18.6. The number of aryl methyl sites for hydroxylation is 2. The van der Waals surface area contributed by atoms with Crippen molar-refractivity contribution in [2.45, 2.75) is 144 Å². The molecule has 0 fully saturated rings. The quantitative estimate of drug-likeness (QED) is 0.0398. The molecule has 0 radical (unpaired) electrons. The Morgan fingerprint density at radius 1 is 0.525 bits per heavy atom. The van der Waals surface area contributed by atoms with Gasteiger partial charge in [-0.25, -0.2) is 9.59 Å². The first-order valence-electron chi connectivity index (χ1n) is 22.8. The summed E-state index contributed by atoms with van der Waals surface area (Å²) in [5, 5.41) is 0. The van der Waals surface area contributed by atoms with Gasteiger partial charge >= 0.3 is 11.9 Å². The molecule has 61 heavy (non-hydrogen) atoms. The molecule has 0 aliphatic heterocycles. The number of thiophene rings is 4. The van der Waals surface area contributed by atoms with E-state index in [-0.39, 0.29) is 11.9 Å². The Bertz CT molecular complexity index is 2290. The lowest BCUT2D eigenvalue weighted by atomic mass is 9.96. The van der Waals surface area contributed by atoms with E-state index in [1.165, 1.54) is 68.0 Å². The van der Waals surface area contributed by atoms with E-state index in [0.717, 1.165) is 108 Å². The average molecular weight is 917 g/mol. The summed E-state index contributed by atoms with van der Waals surface area (Å²) in [5.41, 5.74) is 5.16. The molecule has 0 saturated carbocycles. The summed E-state index contributed by atoms with van der Waals surface area (Å²) in [6.45, 7) is 14.0. The van der Waals surface area contributed by atoms with Crippen molar-refractivity contribution in [2.24, 2.45) is 11.8 Å². The van der Waals surface area contributed by atoms with Gasteiger partial charge in [0.2, 0.25) is 0 Å². The third kappa shape index (κ3) is 12.7. The number of hydrogen-bond acceptors (Lipinski definition) is 11. The van der Waals surface area contributed by atoms with Gasteiger partial charge in [-0.1, -0.05) is 117 Å². The summed E-state index contributed by atoms with van der Waals surface area (Å²) in [4.78, 5) is 36.5. The molecular formula is C50H64N2O4S5. The molecule has 0 spiro atoms. The fourth-order valence-corrected chi connectivity index (χ4v) is 13.0. The van der Waals surface area contributed by atoms with Crippen molar-refractivity contribution in [1.29, 1.82) is 0 Å². The predicted octanol–water partition coefficient (Wildman–Crippen LogP) is 17.1. The molecule has 0 bridgehead atoms. The van der Waals surface area contributed by atoms with Crippen molar-refractivity contribution in [3.63, 3.8) is 0 Å². The van der Waals surface area contributed by atoms with E-state index >= 15 is 0 Å². The van der Waals surface area contributed by atoms with Crippen LogP contribution in [0.15, 0.2) is 48.5 Å². The summed E-state index contributed by atoms with van der Waals surface area (Å²) < 4.78 is 21.7. The van der Waals surface area contributed by atoms with Gasteiger partial charge < -0.3 is 9.47 Å².